The molecule has 0 bridgehead atoms. The molecule has 0 atom stereocenters. The van der Waals surface area contributed by atoms with E-state index in [0.717, 1.165) is 24.1 Å². The first-order chi connectivity index (χ1) is 11.8. The number of carbonyl (C=O) groups excluding carboxylic acids is 1. The quantitative estimate of drug-likeness (QED) is 0.744. The van der Waals surface area contributed by atoms with Crippen molar-refractivity contribution in [2.75, 3.05) is 23.8 Å². The molecule has 0 amide bonds. The molecule has 1 fully saturated rings. The van der Waals surface area contributed by atoms with Gasteiger partial charge in [0.15, 0.2) is 0 Å². The lowest BCUT2D eigenvalue weighted by molar-refractivity contribution is -0.120. The Labute approximate surface area is 140 Å². The molecule has 126 valence electrons. The first kappa shape index (κ1) is 16.3. The summed E-state index contributed by atoms with van der Waals surface area (Å²) < 4.78 is 0. The Bertz CT molecular complexity index is 683. The number of aliphatic hydroxyl groups excluding tert-OH is 1. The molecule has 0 unspecified atom stereocenters. The Kier molecular flexibility index (Phi) is 5.32. The van der Waals surface area contributed by atoms with Crippen molar-refractivity contribution in [3.05, 3.63) is 30.6 Å². The van der Waals surface area contributed by atoms with Gasteiger partial charge in [0.1, 0.15) is 11.6 Å². The van der Waals surface area contributed by atoms with Gasteiger partial charge in [0.2, 0.25) is 5.95 Å². The van der Waals surface area contributed by atoms with Gasteiger partial charge in [-0.2, -0.15) is 4.98 Å². The largest absolute Gasteiger partial charge is 0.395 e. The first-order valence-electron chi connectivity index (χ1n) is 8.17. The highest BCUT2D eigenvalue weighted by Crippen LogP contribution is 2.27. The minimum absolute atomic E-state index is 0.0127. The Morgan fingerprint density at radius 1 is 1.21 bits per heavy atom. The van der Waals surface area contributed by atoms with Gasteiger partial charge in [-0.25, -0.2) is 4.98 Å². The normalized spacial score (nSPS) is 15.3. The standard InChI is InChI=1S/C17H21N5O2/c23-10-9-19-17-20-11-14(15-3-1-2-8-18-15)16(22-17)21-12-4-6-13(24)7-5-12/h1-3,8,11-12,23H,4-7,9-10H2,(H2,19,20,21,22). The SMILES string of the molecule is O=C1CCC(Nc2nc(NCCO)ncc2-c2ccccn2)CC1. The Morgan fingerprint density at radius 2 is 2.04 bits per heavy atom. The fraction of sp³-hybridized carbons (Fsp3) is 0.412. The van der Waals surface area contributed by atoms with Gasteiger partial charge in [-0.15, -0.1) is 0 Å². The van der Waals surface area contributed by atoms with Gasteiger partial charge in [0, 0.05) is 37.8 Å². The minimum Gasteiger partial charge on any atom is -0.395 e. The van der Waals surface area contributed by atoms with Crippen molar-refractivity contribution in [1.29, 1.82) is 0 Å². The van der Waals surface area contributed by atoms with Crippen molar-refractivity contribution in [1.82, 2.24) is 15.0 Å². The number of carbonyl (C=O) groups is 1. The molecule has 3 N–H and O–H groups in total. The molecule has 0 aliphatic heterocycles. The summed E-state index contributed by atoms with van der Waals surface area (Å²) in [7, 11) is 0. The van der Waals surface area contributed by atoms with Crippen LogP contribution in [0.2, 0.25) is 0 Å². The zero-order valence-corrected chi connectivity index (χ0v) is 13.4. The zero-order chi connectivity index (χ0) is 16.8. The lowest BCUT2D eigenvalue weighted by Crippen LogP contribution is -2.27. The number of ketones is 1. The van der Waals surface area contributed by atoms with Gasteiger partial charge in [-0.1, -0.05) is 6.07 Å². The smallest absolute Gasteiger partial charge is 0.224 e. The van der Waals surface area contributed by atoms with E-state index in [2.05, 4.69) is 25.6 Å². The van der Waals surface area contributed by atoms with E-state index >= 15 is 0 Å². The second-order valence-corrected chi connectivity index (χ2v) is 5.78. The maximum Gasteiger partial charge on any atom is 0.224 e. The lowest BCUT2D eigenvalue weighted by atomic mass is 9.94. The molecule has 2 aromatic heterocycles. The second kappa shape index (κ2) is 7.83. The molecule has 7 nitrogen and oxygen atoms in total. The van der Waals surface area contributed by atoms with Crippen LogP contribution in [0.25, 0.3) is 11.3 Å². The fourth-order valence-electron chi connectivity index (χ4n) is 2.73. The van der Waals surface area contributed by atoms with Crippen LogP contribution >= 0.6 is 0 Å². The molecule has 24 heavy (non-hydrogen) atoms. The molecular weight excluding hydrogens is 306 g/mol. The van der Waals surface area contributed by atoms with Crippen molar-refractivity contribution in [2.24, 2.45) is 0 Å². The summed E-state index contributed by atoms with van der Waals surface area (Å²) in [5.41, 5.74) is 1.61. The highest BCUT2D eigenvalue weighted by atomic mass is 16.3. The number of hydrogen-bond donors (Lipinski definition) is 3. The Morgan fingerprint density at radius 3 is 2.75 bits per heavy atom. The molecule has 1 aliphatic rings. The number of Topliss-reactive ketones (excluding diaryl/α,β-unsaturated/α-hetero) is 1. The number of pyridine rings is 1. The van der Waals surface area contributed by atoms with E-state index < -0.39 is 0 Å². The summed E-state index contributed by atoms with van der Waals surface area (Å²) in [6, 6.07) is 5.91. The molecule has 0 radical (unpaired) electrons. The number of aromatic nitrogens is 3. The molecular formula is C17H21N5O2. The van der Waals surface area contributed by atoms with Gasteiger partial charge in [-0.05, 0) is 25.0 Å². The van der Waals surface area contributed by atoms with Crippen LogP contribution in [0, 0.1) is 0 Å². The van der Waals surface area contributed by atoms with Crippen molar-refractivity contribution < 1.29 is 9.90 Å². The van der Waals surface area contributed by atoms with Gasteiger partial charge in [-0.3, -0.25) is 9.78 Å². The maximum atomic E-state index is 11.4. The topological polar surface area (TPSA) is 100 Å². The Hall–Kier alpha value is -2.54. The number of anilines is 2. The molecule has 2 aromatic rings. The highest BCUT2D eigenvalue weighted by molar-refractivity contribution is 5.79. The lowest BCUT2D eigenvalue weighted by Gasteiger charge is -2.24. The van der Waals surface area contributed by atoms with E-state index in [4.69, 9.17) is 5.11 Å². The summed E-state index contributed by atoms with van der Waals surface area (Å²) >= 11 is 0. The summed E-state index contributed by atoms with van der Waals surface area (Å²) in [5, 5.41) is 15.4. The third kappa shape index (κ3) is 4.05. The van der Waals surface area contributed by atoms with Gasteiger partial charge in [0.25, 0.3) is 0 Å². The predicted octanol–water partition coefficient (Wildman–Crippen LogP) is 1.87. The third-order valence-electron chi connectivity index (χ3n) is 4.01. The van der Waals surface area contributed by atoms with E-state index in [1.165, 1.54) is 0 Å². The molecule has 2 heterocycles. The van der Waals surface area contributed by atoms with Gasteiger partial charge in [0.05, 0.1) is 17.9 Å². The number of aliphatic hydroxyl groups is 1. The van der Waals surface area contributed by atoms with Crippen LogP contribution in [0.4, 0.5) is 11.8 Å². The summed E-state index contributed by atoms with van der Waals surface area (Å²) in [6.07, 6.45) is 6.30. The van der Waals surface area contributed by atoms with Gasteiger partial charge < -0.3 is 15.7 Å². The van der Waals surface area contributed by atoms with Crippen LogP contribution in [-0.4, -0.2) is 45.0 Å². The monoisotopic (exact) mass is 327 g/mol. The van der Waals surface area contributed by atoms with Gasteiger partial charge >= 0.3 is 0 Å². The van der Waals surface area contributed by atoms with Crippen LogP contribution in [-0.2, 0) is 4.79 Å². The van der Waals surface area contributed by atoms with E-state index in [9.17, 15) is 4.79 Å². The van der Waals surface area contributed by atoms with Crippen LogP contribution in [0.1, 0.15) is 25.7 Å². The molecule has 0 saturated heterocycles. The molecule has 1 aliphatic carbocycles. The minimum atomic E-state index is 0.0127. The van der Waals surface area contributed by atoms with Crippen LogP contribution in [0.3, 0.4) is 0 Å². The molecule has 3 rings (SSSR count). The van der Waals surface area contributed by atoms with E-state index in [1.807, 2.05) is 18.2 Å². The first-order valence-corrected chi connectivity index (χ1v) is 8.17. The second-order valence-electron chi connectivity index (χ2n) is 5.78. The average molecular weight is 327 g/mol. The zero-order valence-electron chi connectivity index (χ0n) is 13.4. The number of nitrogens with one attached hydrogen (secondary N) is 2. The van der Waals surface area contributed by atoms with Crippen molar-refractivity contribution in [3.63, 3.8) is 0 Å². The number of hydrogen-bond acceptors (Lipinski definition) is 7. The highest BCUT2D eigenvalue weighted by Gasteiger charge is 2.21. The summed E-state index contributed by atoms with van der Waals surface area (Å²) in [6.45, 7) is 0.402. The summed E-state index contributed by atoms with van der Waals surface area (Å²) in [4.78, 5) is 24.6. The van der Waals surface area contributed by atoms with Crippen molar-refractivity contribution in [3.8, 4) is 11.3 Å². The predicted molar refractivity (Wildman–Crippen MR) is 91.7 cm³/mol. The van der Waals surface area contributed by atoms with Crippen LogP contribution in [0.15, 0.2) is 30.6 Å². The molecule has 7 heteroatoms. The van der Waals surface area contributed by atoms with Crippen molar-refractivity contribution >= 4 is 17.5 Å². The molecule has 1 saturated carbocycles. The van der Waals surface area contributed by atoms with Crippen LogP contribution in [0.5, 0.6) is 0 Å². The Balaban J connectivity index is 1.86. The van der Waals surface area contributed by atoms with Crippen molar-refractivity contribution in [2.45, 2.75) is 31.7 Å². The third-order valence-corrected chi connectivity index (χ3v) is 4.01. The maximum absolute atomic E-state index is 11.4. The summed E-state index contributed by atoms with van der Waals surface area (Å²) in [5.74, 6) is 1.48. The number of rotatable bonds is 6. The van der Waals surface area contributed by atoms with E-state index in [0.29, 0.717) is 36.9 Å². The number of nitrogens with zero attached hydrogens (tertiary/aromatic N) is 3. The van der Waals surface area contributed by atoms with Crippen LogP contribution < -0.4 is 10.6 Å². The molecule has 0 aromatic carbocycles. The van der Waals surface area contributed by atoms with E-state index in [-0.39, 0.29) is 12.6 Å². The average Bonchev–Trinajstić information content (AvgIpc) is 2.63. The fourth-order valence-corrected chi connectivity index (χ4v) is 2.73. The van der Waals surface area contributed by atoms with E-state index in [1.54, 1.807) is 12.4 Å². The molecule has 0 spiro atoms.